The Morgan fingerprint density at radius 3 is 2.31 bits per heavy atom. The van der Waals surface area contributed by atoms with Crippen LogP contribution in [0.5, 0.6) is 0 Å². The van der Waals surface area contributed by atoms with Crippen LogP contribution in [0.2, 0.25) is 0 Å². The molecule has 1 nitrogen and oxygen atoms in total. The van der Waals surface area contributed by atoms with Gasteiger partial charge in [-0.15, -0.1) is 12.6 Å². The van der Waals surface area contributed by atoms with Crippen molar-refractivity contribution in [2.45, 2.75) is 25.7 Å². The van der Waals surface area contributed by atoms with Gasteiger partial charge in [-0.2, -0.15) is 0 Å². The first-order valence-corrected chi connectivity index (χ1v) is 4.85. The molecule has 0 spiro atoms. The number of carbonyl (C=O) groups excluding carboxylic acids is 1. The number of rotatable bonds is 3. The normalized spacial score (nSPS) is 15.0. The molecular formula is C11H14OS. The zero-order valence-corrected chi connectivity index (χ0v) is 8.84. The summed E-state index contributed by atoms with van der Waals surface area (Å²) < 4.78 is 0. The van der Waals surface area contributed by atoms with Gasteiger partial charge in [0, 0.05) is 0 Å². The van der Waals surface area contributed by atoms with E-state index in [0.717, 1.165) is 12.0 Å². The maximum absolute atomic E-state index is 11.4. The highest BCUT2D eigenvalue weighted by atomic mass is 32.1. The molecule has 0 amide bonds. The van der Waals surface area contributed by atoms with Crippen molar-refractivity contribution < 1.29 is 4.79 Å². The molecule has 0 bridgehead atoms. The maximum atomic E-state index is 11.4. The lowest BCUT2D eigenvalue weighted by Gasteiger charge is -2.24. The van der Waals surface area contributed by atoms with Crippen LogP contribution < -0.4 is 0 Å². The molecule has 2 heteroatoms. The Morgan fingerprint density at radius 1 is 1.38 bits per heavy atom. The van der Waals surface area contributed by atoms with Crippen molar-refractivity contribution in [1.29, 1.82) is 0 Å². The number of benzene rings is 1. The molecule has 0 saturated heterocycles. The number of carbonyl (C=O) groups is 1. The highest BCUT2D eigenvalue weighted by Gasteiger charge is 2.30. The summed E-state index contributed by atoms with van der Waals surface area (Å²) in [6.45, 7) is 3.93. The molecule has 0 aliphatic carbocycles. The Kier molecular flexibility index (Phi) is 3.15. The van der Waals surface area contributed by atoms with Crippen LogP contribution in [0.15, 0.2) is 30.3 Å². The lowest BCUT2D eigenvalue weighted by atomic mass is 9.81. The van der Waals surface area contributed by atoms with Crippen LogP contribution >= 0.6 is 12.6 Å². The molecule has 1 atom stereocenters. The molecule has 13 heavy (non-hydrogen) atoms. The van der Waals surface area contributed by atoms with E-state index in [9.17, 15) is 4.79 Å². The van der Waals surface area contributed by atoms with Crippen LogP contribution in [0.25, 0.3) is 0 Å². The van der Waals surface area contributed by atoms with E-state index in [2.05, 4.69) is 12.6 Å². The molecule has 0 N–H and O–H groups in total. The van der Waals surface area contributed by atoms with Crippen LogP contribution in [0.4, 0.5) is 0 Å². The monoisotopic (exact) mass is 194 g/mol. The number of hydrogen-bond acceptors (Lipinski definition) is 1. The summed E-state index contributed by atoms with van der Waals surface area (Å²) >= 11 is 3.93. The molecule has 1 rings (SSSR count). The van der Waals surface area contributed by atoms with Gasteiger partial charge in [0.15, 0.2) is 5.12 Å². The highest BCUT2D eigenvalue weighted by Crippen LogP contribution is 2.29. The molecule has 0 aliphatic rings. The predicted octanol–water partition coefficient (Wildman–Crippen LogP) is 2.81. The van der Waals surface area contributed by atoms with E-state index in [4.69, 9.17) is 0 Å². The van der Waals surface area contributed by atoms with Gasteiger partial charge in [-0.25, -0.2) is 0 Å². The molecular weight excluding hydrogens is 180 g/mol. The lowest BCUT2D eigenvalue weighted by Crippen LogP contribution is -2.28. The molecule has 1 aromatic carbocycles. The molecule has 0 aromatic heterocycles. The van der Waals surface area contributed by atoms with E-state index in [1.54, 1.807) is 0 Å². The van der Waals surface area contributed by atoms with E-state index >= 15 is 0 Å². The molecule has 1 aromatic rings. The quantitative estimate of drug-likeness (QED) is 0.732. The third-order valence-electron chi connectivity index (χ3n) is 2.59. The minimum absolute atomic E-state index is 0.0683. The largest absolute Gasteiger partial charge is 0.286 e. The lowest BCUT2D eigenvalue weighted by molar-refractivity contribution is -0.115. The van der Waals surface area contributed by atoms with Gasteiger partial charge >= 0.3 is 0 Å². The first-order valence-electron chi connectivity index (χ1n) is 4.40. The summed E-state index contributed by atoms with van der Waals surface area (Å²) in [4.78, 5) is 11.4. The van der Waals surface area contributed by atoms with Gasteiger partial charge in [0.2, 0.25) is 0 Å². The van der Waals surface area contributed by atoms with E-state index in [1.165, 1.54) is 0 Å². The molecule has 1 unspecified atom stereocenters. The molecule has 0 aliphatic heterocycles. The molecule has 0 saturated carbocycles. The van der Waals surface area contributed by atoms with Gasteiger partial charge in [0.1, 0.15) is 0 Å². The second-order valence-corrected chi connectivity index (χ2v) is 3.76. The standard InChI is InChI=1S/C11H14OS/c1-3-11(2,10(12)13)9-7-5-4-6-8-9/h4-8H,3H2,1-2H3,(H,12,13). The topological polar surface area (TPSA) is 17.1 Å². The van der Waals surface area contributed by atoms with Crippen molar-refractivity contribution in [2.75, 3.05) is 0 Å². The SMILES string of the molecule is CCC(C)(C(=O)S)c1ccccc1. The predicted molar refractivity (Wildman–Crippen MR) is 58.1 cm³/mol. The van der Waals surface area contributed by atoms with Crippen LogP contribution in [0.1, 0.15) is 25.8 Å². The summed E-state index contributed by atoms with van der Waals surface area (Å²) in [7, 11) is 0. The Balaban J connectivity index is 3.11. The van der Waals surface area contributed by atoms with Gasteiger partial charge in [0.05, 0.1) is 5.41 Å². The van der Waals surface area contributed by atoms with Gasteiger partial charge in [0.25, 0.3) is 0 Å². The summed E-state index contributed by atoms with van der Waals surface area (Å²) in [5.74, 6) is 0. The average Bonchev–Trinajstić information content (AvgIpc) is 2.17. The van der Waals surface area contributed by atoms with Crippen LogP contribution in [0, 0.1) is 0 Å². The van der Waals surface area contributed by atoms with E-state index < -0.39 is 5.41 Å². The number of hydrogen-bond donors (Lipinski definition) is 1. The van der Waals surface area contributed by atoms with Crippen LogP contribution in [-0.2, 0) is 10.2 Å². The van der Waals surface area contributed by atoms with Gasteiger partial charge < -0.3 is 0 Å². The molecule has 0 fully saturated rings. The van der Waals surface area contributed by atoms with E-state index in [-0.39, 0.29) is 5.12 Å². The zero-order valence-electron chi connectivity index (χ0n) is 7.95. The summed E-state index contributed by atoms with van der Waals surface area (Å²) in [6.07, 6.45) is 0.777. The highest BCUT2D eigenvalue weighted by molar-refractivity contribution is 7.96. The van der Waals surface area contributed by atoms with Crippen LogP contribution in [0.3, 0.4) is 0 Å². The Bertz CT molecular complexity index is 294. The second-order valence-electron chi connectivity index (χ2n) is 3.36. The van der Waals surface area contributed by atoms with Gasteiger partial charge in [-0.05, 0) is 18.9 Å². The minimum Gasteiger partial charge on any atom is -0.286 e. The Morgan fingerprint density at radius 2 is 1.92 bits per heavy atom. The van der Waals surface area contributed by atoms with Crippen molar-refractivity contribution in [1.82, 2.24) is 0 Å². The Hall–Kier alpha value is -0.760. The van der Waals surface area contributed by atoms with Crippen molar-refractivity contribution in [2.24, 2.45) is 0 Å². The third-order valence-corrected chi connectivity index (χ3v) is 3.08. The van der Waals surface area contributed by atoms with E-state index in [0.29, 0.717) is 0 Å². The summed E-state index contributed by atoms with van der Waals surface area (Å²) in [5, 5.41) is -0.0683. The smallest absolute Gasteiger partial charge is 0.196 e. The van der Waals surface area contributed by atoms with Crippen molar-refractivity contribution >= 4 is 17.7 Å². The summed E-state index contributed by atoms with van der Waals surface area (Å²) in [6, 6.07) is 9.78. The van der Waals surface area contributed by atoms with Crippen molar-refractivity contribution in [3.63, 3.8) is 0 Å². The molecule has 70 valence electrons. The fraction of sp³-hybridized carbons (Fsp3) is 0.364. The minimum atomic E-state index is -0.440. The maximum Gasteiger partial charge on any atom is 0.196 e. The van der Waals surface area contributed by atoms with E-state index in [1.807, 2.05) is 44.2 Å². The van der Waals surface area contributed by atoms with Gasteiger partial charge in [-0.1, -0.05) is 37.3 Å². The van der Waals surface area contributed by atoms with Gasteiger partial charge in [-0.3, -0.25) is 4.79 Å². The first-order chi connectivity index (χ1) is 6.11. The molecule has 0 heterocycles. The van der Waals surface area contributed by atoms with Crippen molar-refractivity contribution in [3.05, 3.63) is 35.9 Å². The Labute approximate surface area is 84.6 Å². The average molecular weight is 194 g/mol. The fourth-order valence-electron chi connectivity index (χ4n) is 1.28. The zero-order chi connectivity index (χ0) is 9.90. The molecule has 0 radical (unpaired) electrons. The van der Waals surface area contributed by atoms with Crippen molar-refractivity contribution in [3.8, 4) is 0 Å². The second kappa shape index (κ2) is 3.97. The third kappa shape index (κ3) is 1.94. The number of thiol groups is 1. The first kappa shape index (κ1) is 10.3. The van der Waals surface area contributed by atoms with Crippen LogP contribution in [-0.4, -0.2) is 5.12 Å². The fourth-order valence-corrected chi connectivity index (χ4v) is 1.57. The summed E-state index contributed by atoms with van der Waals surface area (Å²) in [5.41, 5.74) is 0.599.